The van der Waals surface area contributed by atoms with Gasteiger partial charge in [0, 0.05) is 24.4 Å². The SMILES string of the molecule is CCCCCSCCCCCC(=O)OCc1cccnc1. The Labute approximate surface area is 132 Å². The first-order chi connectivity index (χ1) is 10.3. The molecule has 0 N–H and O–H groups in total. The summed E-state index contributed by atoms with van der Waals surface area (Å²) in [4.78, 5) is 15.6. The number of esters is 1. The summed E-state index contributed by atoms with van der Waals surface area (Å²) < 4.78 is 5.22. The average Bonchev–Trinajstić information content (AvgIpc) is 2.52. The van der Waals surface area contributed by atoms with Crippen molar-refractivity contribution in [2.45, 2.75) is 58.5 Å². The maximum absolute atomic E-state index is 11.6. The van der Waals surface area contributed by atoms with E-state index in [1.807, 2.05) is 23.9 Å². The van der Waals surface area contributed by atoms with Crippen molar-refractivity contribution >= 4 is 17.7 Å². The van der Waals surface area contributed by atoms with E-state index in [9.17, 15) is 4.79 Å². The van der Waals surface area contributed by atoms with Crippen molar-refractivity contribution in [3.8, 4) is 0 Å². The number of unbranched alkanes of at least 4 members (excludes halogenated alkanes) is 4. The summed E-state index contributed by atoms with van der Waals surface area (Å²) >= 11 is 2.04. The van der Waals surface area contributed by atoms with Gasteiger partial charge in [0.2, 0.25) is 0 Å². The number of nitrogens with zero attached hydrogens (tertiary/aromatic N) is 1. The molecule has 3 nitrogen and oxygen atoms in total. The topological polar surface area (TPSA) is 39.2 Å². The lowest BCUT2D eigenvalue weighted by atomic mass is 10.2. The van der Waals surface area contributed by atoms with Crippen LogP contribution in [0, 0.1) is 0 Å². The Bertz CT molecular complexity index is 370. The van der Waals surface area contributed by atoms with Crippen LogP contribution < -0.4 is 0 Å². The third-order valence-electron chi connectivity index (χ3n) is 3.18. The third kappa shape index (κ3) is 10.4. The van der Waals surface area contributed by atoms with E-state index >= 15 is 0 Å². The fraction of sp³-hybridized carbons (Fsp3) is 0.647. The number of thioether (sulfide) groups is 1. The van der Waals surface area contributed by atoms with Gasteiger partial charge in [-0.05, 0) is 36.8 Å². The molecule has 0 aliphatic rings. The van der Waals surface area contributed by atoms with Gasteiger partial charge in [-0.15, -0.1) is 0 Å². The van der Waals surface area contributed by atoms with E-state index in [0.717, 1.165) is 18.4 Å². The van der Waals surface area contributed by atoms with E-state index in [4.69, 9.17) is 4.74 Å². The van der Waals surface area contributed by atoms with Gasteiger partial charge in [0.1, 0.15) is 6.61 Å². The molecule has 0 aromatic carbocycles. The molecule has 0 fully saturated rings. The molecular formula is C17H27NO2S. The van der Waals surface area contributed by atoms with Crippen LogP contribution in [0.5, 0.6) is 0 Å². The van der Waals surface area contributed by atoms with Crippen molar-refractivity contribution in [2.75, 3.05) is 11.5 Å². The highest BCUT2D eigenvalue weighted by Crippen LogP contribution is 2.11. The lowest BCUT2D eigenvalue weighted by Gasteiger charge is -2.05. The van der Waals surface area contributed by atoms with Crippen LogP contribution in [-0.4, -0.2) is 22.5 Å². The van der Waals surface area contributed by atoms with Crippen LogP contribution >= 0.6 is 11.8 Å². The first-order valence-corrected chi connectivity index (χ1v) is 9.10. The van der Waals surface area contributed by atoms with Crippen molar-refractivity contribution in [3.63, 3.8) is 0 Å². The maximum atomic E-state index is 11.6. The van der Waals surface area contributed by atoms with E-state index in [1.54, 1.807) is 12.4 Å². The lowest BCUT2D eigenvalue weighted by Crippen LogP contribution is -2.04. The van der Waals surface area contributed by atoms with Gasteiger partial charge < -0.3 is 4.74 Å². The number of hydrogen-bond donors (Lipinski definition) is 0. The number of carbonyl (C=O) groups excluding carboxylic acids is 1. The molecule has 1 heterocycles. The Kier molecular flexibility index (Phi) is 10.9. The summed E-state index contributed by atoms with van der Waals surface area (Å²) in [6.45, 7) is 2.57. The van der Waals surface area contributed by atoms with Gasteiger partial charge in [-0.1, -0.05) is 32.3 Å². The van der Waals surface area contributed by atoms with E-state index in [0.29, 0.717) is 13.0 Å². The molecule has 0 unspecified atom stereocenters. The van der Waals surface area contributed by atoms with Crippen molar-refractivity contribution in [3.05, 3.63) is 30.1 Å². The average molecular weight is 309 g/mol. The van der Waals surface area contributed by atoms with Crippen LogP contribution in [0.25, 0.3) is 0 Å². The van der Waals surface area contributed by atoms with Crippen molar-refractivity contribution in [1.29, 1.82) is 0 Å². The highest BCUT2D eigenvalue weighted by molar-refractivity contribution is 7.99. The summed E-state index contributed by atoms with van der Waals surface area (Å²) in [7, 11) is 0. The number of aromatic nitrogens is 1. The minimum absolute atomic E-state index is 0.102. The number of ether oxygens (including phenoxy) is 1. The molecule has 0 aliphatic heterocycles. The number of pyridine rings is 1. The van der Waals surface area contributed by atoms with Gasteiger partial charge in [-0.2, -0.15) is 11.8 Å². The summed E-state index contributed by atoms with van der Waals surface area (Å²) in [5, 5.41) is 0. The number of hydrogen-bond acceptors (Lipinski definition) is 4. The first-order valence-electron chi connectivity index (χ1n) is 7.95. The lowest BCUT2D eigenvalue weighted by molar-refractivity contribution is -0.145. The second-order valence-corrected chi connectivity index (χ2v) is 6.38. The van der Waals surface area contributed by atoms with E-state index in [1.165, 1.54) is 37.2 Å². The van der Waals surface area contributed by atoms with Crippen LogP contribution in [0.15, 0.2) is 24.5 Å². The highest BCUT2D eigenvalue weighted by atomic mass is 32.2. The zero-order chi connectivity index (χ0) is 15.2. The minimum Gasteiger partial charge on any atom is -0.461 e. The van der Waals surface area contributed by atoms with Crippen LogP contribution in [0.3, 0.4) is 0 Å². The van der Waals surface area contributed by atoms with Gasteiger partial charge in [0.05, 0.1) is 0 Å². The summed E-state index contributed by atoms with van der Waals surface area (Å²) in [6, 6.07) is 3.76. The molecule has 0 bridgehead atoms. The Morgan fingerprint density at radius 1 is 1.19 bits per heavy atom. The Balaban J connectivity index is 1.89. The van der Waals surface area contributed by atoms with Crippen molar-refractivity contribution < 1.29 is 9.53 Å². The molecule has 0 saturated carbocycles. The van der Waals surface area contributed by atoms with E-state index < -0.39 is 0 Å². The second-order valence-electron chi connectivity index (χ2n) is 5.15. The molecule has 0 amide bonds. The normalized spacial score (nSPS) is 10.5. The molecule has 0 spiro atoms. The fourth-order valence-corrected chi connectivity index (χ4v) is 2.95. The summed E-state index contributed by atoms with van der Waals surface area (Å²) in [5.74, 6) is 2.39. The molecular weight excluding hydrogens is 282 g/mol. The van der Waals surface area contributed by atoms with Crippen molar-refractivity contribution in [1.82, 2.24) is 4.98 Å². The molecule has 0 saturated heterocycles. The van der Waals surface area contributed by atoms with Gasteiger partial charge in [0.15, 0.2) is 0 Å². The Hall–Kier alpha value is -1.03. The second kappa shape index (κ2) is 12.7. The standard InChI is InChI=1S/C17H27NO2S/c1-2-3-6-12-21-13-7-4-5-10-17(19)20-15-16-9-8-11-18-14-16/h8-9,11,14H,2-7,10,12-13,15H2,1H3. The Morgan fingerprint density at radius 3 is 2.71 bits per heavy atom. The largest absolute Gasteiger partial charge is 0.461 e. The summed E-state index contributed by atoms with van der Waals surface area (Å²) in [6.07, 6.45) is 11.2. The molecule has 1 aromatic heterocycles. The van der Waals surface area contributed by atoms with Gasteiger partial charge in [-0.25, -0.2) is 0 Å². The van der Waals surface area contributed by atoms with Gasteiger partial charge in [-0.3, -0.25) is 9.78 Å². The highest BCUT2D eigenvalue weighted by Gasteiger charge is 2.03. The zero-order valence-electron chi connectivity index (χ0n) is 13.1. The third-order valence-corrected chi connectivity index (χ3v) is 4.34. The molecule has 1 aromatic rings. The predicted octanol–water partition coefficient (Wildman–Crippen LogP) is 4.61. The maximum Gasteiger partial charge on any atom is 0.306 e. The van der Waals surface area contributed by atoms with Crippen LogP contribution in [0.4, 0.5) is 0 Å². The molecule has 0 atom stereocenters. The summed E-state index contributed by atoms with van der Waals surface area (Å²) in [5.41, 5.74) is 0.939. The molecule has 0 aliphatic carbocycles. The molecule has 118 valence electrons. The monoisotopic (exact) mass is 309 g/mol. The smallest absolute Gasteiger partial charge is 0.306 e. The van der Waals surface area contributed by atoms with Crippen LogP contribution in [0.2, 0.25) is 0 Å². The first kappa shape index (κ1) is 18.0. The molecule has 1 rings (SSSR count). The number of rotatable bonds is 12. The van der Waals surface area contributed by atoms with Crippen molar-refractivity contribution in [2.24, 2.45) is 0 Å². The Morgan fingerprint density at radius 2 is 2.00 bits per heavy atom. The molecule has 0 radical (unpaired) electrons. The van der Waals surface area contributed by atoms with Crippen LogP contribution in [0.1, 0.15) is 57.4 Å². The van der Waals surface area contributed by atoms with Crippen LogP contribution in [-0.2, 0) is 16.1 Å². The zero-order valence-corrected chi connectivity index (χ0v) is 13.9. The minimum atomic E-state index is -0.102. The van der Waals surface area contributed by atoms with Gasteiger partial charge >= 0.3 is 5.97 Å². The molecule has 21 heavy (non-hydrogen) atoms. The van der Waals surface area contributed by atoms with E-state index in [-0.39, 0.29) is 5.97 Å². The van der Waals surface area contributed by atoms with E-state index in [2.05, 4.69) is 11.9 Å². The quantitative estimate of drug-likeness (QED) is 0.417. The number of carbonyl (C=O) groups is 1. The van der Waals surface area contributed by atoms with Gasteiger partial charge in [0.25, 0.3) is 0 Å². The molecule has 4 heteroatoms. The predicted molar refractivity (Wildman–Crippen MR) is 89.4 cm³/mol. The fourth-order valence-electron chi connectivity index (χ4n) is 1.93.